The first-order valence-electron chi connectivity index (χ1n) is 9.92. The van der Waals surface area contributed by atoms with E-state index in [-0.39, 0.29) is 0 Å². The van der Waals surface area contributed by atoms with Gasteiger partial charge in [0.1, 0.15) is 0 Å². The van der Waals surface area contributed by atoms with Crippen molar-refractivity contribution in [3.63, 3.8) is 0 Å². The number of para-hydroxylation sites is 1. The van der Waals surface area contributed by atoms with Crippen LogP contribution in [0.4, 0.5) is 5.69 Å². The molecule has 0 atom stereocenters. The molecule has 2 aromatic carbocycles. The Morgan fingerprint density at radius 3 is 1.92 bits per heavy atom. The van der Waals surface area contributed by atoms with Gasteiger partial charge in [-0.1, -0.05) is 100 Å². The minimum atomic E-state index is 1.16. The predicted molar refractivity (Wildman–Crippen MR) is 113 cm³/mol. The molecule has 0 spiro atoms. The van der Waals surface area contributed by atoms with Crippen molar-refractivity contribution in [1.29, 1.82) is 0 Å². The fraction of sp³-hybridized carbons (Fsp3) is 0.417. The van der Waals surface area contributed by atoms with Crippen molar-refractivity contribution < 1.29 is 0 Å². The minimum absolute atomic E-state index is 1.16. The minimum Gasteiger partial charge on any atom is -0.371 e. The maximum Gasteiger partial charge on any atom is 0.0439 e. The highest BCUT2D eigenvalue weighted by Crippen LogP contribution is 2.24. The van der Waals surface area contributed by atoms with Gasteiger partial charge in [-0.15, -0.1) is 0 Å². The Bertz CT molecular complexity index is 605. The monoisotopic (exact) mass is 335 g/mol. The van der Waals surface area contributed by atoms with Gasteiger partial charge < -0.3 is 4.90 Å². The van der Waals surface area contributed by atoms with Crippen LogP contribution in [-0.4, -0.2) is 13.1 Å². The normalized spacial score (nSPS) is 11.1. The van der Waals surface area contributed by atoms with Crippen LogP contribution < -0.4 is 4.90 Å². The summed E-state index contributed by atoms with van der Waals surface area (Å²) in [4.78, 5) is 2.59. The fourth-order valence-corrected chi connectivity index (χ4v) is 3.12. The van der Waals surface area contributed by atoms with Crippen LogP contribution in [0.3, 0.4) is 0 Å². The van der Waals surface area contributed by atoms with Crippen molar-refractivity contribution in [3.8, 4) is 0 Å². The number of benzene rings is 2. The highest BCUT2D eigenvalue weighted by atomic mass is 15.1. The molecule has 0 saturated carbocycles. The zero-order chi connectivity index (χ0) is 17.7. The molecule has 0 fully saturated rings. The van der Waals surface area contributed by atoms with E-state index < -0.39 is 0 Å². The molecule has 0 bridgehead atoms. The Kier molecular flexibility index (Phi) is 8.90. The highest BCUT2D eigenvalue weighted by Gasteiger charge is 2.09. The zero-order valence-corrected chi connectivity index (χ0v) is 16.0. The molecule has 0 aromatic heterocycles. The van der Waals surface area contributed by atoms with Crippen molar-refractivity contribution in [2.75, 3.05) is 18.0 Å². The lowest BCUT2D eigenvalue weighted by molar-refractivity contribution is 0.636. The van der Waals surface area contributed by atoms with Gasteiger partial charge in [-0.3, -0.25) is 0 Å². The van der Waals surface area contributed by atoms with E-state index >= 15 is 0 Å². The van der Waals surface area contributed by atoms with Crippen molar-refractivity contribution in [1.82, 2.24) is 0 Å². The first-order valence-corrected chi connectivity index (χ1v) is 9.92. The van der Waals surface area contributed by atoms with Gasteiger partial charge in [-0.25, -0.2) is 0 Å². The molecule has 0 heterocycles. The highest BCUT2D eigenvalue weighted by molar-refractivity contribution is 5.77. The predicted octanol–water partition coefficient (Wildman–Crippen LogP) is 7.04. The van der Waals surface area contributed by atoms with E-state index in [2.05, 4.69) is 85.5 Å². The van der Waals surface area contributed by atoms with Gasteiger partial charge in [-0.2, -0.15) is 0 Å². The molecule has 0 radical (unpaired) electrons. The Morgan fingerprint density at radius 1 is 0.680 bits per heavy atom. The smallest absolute Gasteiger partial charge is 0.0439 e. The largest absolute Gasteiger partial charge is 0.371 e. The van der Waals surface area contributed by atoms with Crippen LogP contribution in [0.1, 0.15) is 63.5 Å². The van der Waals surface area contributed by atoms with Gasteiger partial charge in [0.05, 0.1) is 0 Å². The summed E-state index contributed by atoms with van der Waals surface area (Å²) in [5.41, 5.74) is 3.95. The number of anilines is 1. The third-order valence-corrected chi connectivity index (χ3v) is 4.60. The molecule has 134 valence electrons. The van der Waals surface area contributed by atoms with Gasteiger partial charge in [0.2, 0.25) is 0 Å². The van der Waals surface area contributed by atoms with E-state index in [0.29, 0.717) is 0 Å². The molecular weight excluding hydrogens is 302 g/mol. The third-order valence-electron chi connectivity index (χ3n) is 4.60. The lowest BCUT2D eigenvalue weighted by atomic mass is 10.1. The molecule has 2 aromatic rings. The van der Waals surface area contributed by atoms with Crippen LogP contribution in [0.15, 0.2) is 54.6 Å². The summed E-state index contributed by atoms with van der Waals surface area (Å²) in [6, 6.07) is 19.4. The van der Waals surface area contributed by atoms with E-state index in [1.54, 1.807) is 0 Å². The number of hydrogen-bond acceptors (Lipinski definition) is 1. The van der Waals surface area contributed by atoms with E-state index in [4.69, 9.17) is 0 Å². The third kappa shape index (κ3) is 6.78. The average Bonchev–Trinajstić information content (AvgIpc) is 2.66. The summed E-state index contributed by atoms with van der Waals surface area (Å²) in [6.07, 6.45) is 12.2. The summed E-state index contributed by atoms with van der Waals surface area (Å²) >= 11 is 0. The summed E-state index contributed by atoms with van der Waals surface area (Å²) in [7, 11) is 0. The quantitative estimate of drug-likeness (QED) is 0.314. The molecule has 0 aliphatic rings. The molecule has 0 aliphatic carbocycles. The number of rotatable bonds is 11. The molecule has 0 saturated heterocycles. The van der Waals surface area contributed by atoms with Crippen LogP contribution in [0.5, 0.6) is 0 Å². The molecule has 0 N–H and O–H groups in total. The topological polar surface area (TPSA) is 3.24 Å². The van der Waals surface area contributed by atoms with Crippen LogP contribution in [-0.2, 0) is 0 Å². The van der Waals surface area contributed by atoms with Gasteiger partial charge in [-0.05, 0) is 30.0 Å². The van der Waals surface area contributed by atoms with Gasteiger partial charge >= 0.3 is 0 Å². The van der Waals surface area contributed by atoms with Crippen molar-refractivity contribution >= 4 is 17.8 Å². The molecular formula is C24H33N. The Labute approximate surface area is 154 Å². The maximum absolute atomic E-state index is 2.59. The lowest BCUT2D eigenvalue weighted by Crippen LogP contribution is -2.26. The van der Waals surface area contributed by atoms with E-state index in [1.165, 1.54) is 55.3 Å². The van der Waals surface area contributed by atoms with E-state index in [9.17, 15) is 0 Å². The van der Waals surface area contributed by atoms with Crippen LogP contribution in [0.2, 0.25) is 0 Å². The molecule has 0 amide bonds. The SMILES string of the molecule is CCCCCN(CCCCC)c1ccccc1C=Cc1ccccc1. The van der Waals surface area contributed by atoms with Gasteiger partial charge in [0, 0.05) is 18.8 Å². The van der Waals surface area contributed by atoms with Crippen LogP contribution in [0, 0.1) is 0 Å². The van der Waals surface area contributed by atoms with Crippen LogP contribution >= 0.6 is 0 Å². The van der Waals surface area contributed by atoms with E-state index in [0.717, 1.165) is 13.1 Å². The number of unbranched alkanes of at least 4 members (excludes halogenated alkanes) is 4. The first kappa shape index (κ1) is 19.3. The standard InChI is InChI=1S/C24H33N/c1-3-5-12-20-25(21-13-6-4-2)24-17-11-10-16-23(24)19-18-22-14-8-7-9-15-22/h7-11,14-19H,3-6,12-13,20-21H2,1-2H3. The van der Waals surface area contributed by atoms with Gasteiger partial charge in [0.15, 0.2) is 0 Å². The van der Waals surface area contributed by atoms with Crippen molar-refractivity contribution in [2.45, 2.75) is 52.4 Å². The molecule has 0 aliphatic heterocycles. The van der Waals surface area contributed by atoms with Gasteiger partial charge in [0.25, 0.3) is 0 Å². The first-order chi connectivity index (χ1) is 12.3. The summed E-state index contributed by atoms with van der Waals surface area (Å²) in [6.45, 7) is 6.87. The van der Waals surface area contributed by atoms with Crippen molar-refractivity contribution in [3.05, 3.63) is 65.7 Å². The van der Waals surface area contributed by atoms with Crippen molar-refractivity contribution in [2.24, 2.45) is 0 Å². The second-order valence-electron chi connectivity index (χ2n) is 6.70. The van der Waals surface area contributed by atoms with Crippen LogP contribution in [0.25, 0.3) is 12.2 Å². The Hall–Kier alpha value is -2.02. The maximum atomic E-state index is 2.59. The molecule has 2 rings (SSSR count). The zero-order valence-electron chi connectivity index (χ0n) is 16.0. The summed E-state index contributed by atoms with van der Waals surface area (Å²) in [5.74, 6) is 0. The number of nitrogens with zero attached hydrogens (tertiary/aromatic N) is 1. The second kappa shape index (κ2) is 11.5. The number of hydrogen-bond donors (Lipinski definition) is 0. The Balaban J connectivity index is 2.16. The summed E-state index contributed by atoms with van der Waals surface area (Å²) in [5, 5.41) is 0. The molecule has 1 heteroatoms. The molecule has 0 unspecified atom stereocenters. The molecule has 1 nitrogen and oxygen atoms in total. The second-order valence-corrected chi connectivity index (χ2v) is 6.70. The average molecular weight is 336 g/mol. The lowest BCUT2D eigenvalue weighted by Gasteiger charge is -2.26. The Morgan fingerprint density at radius 2 is 1.28 bits per heavy atom. The van der Waals surface area contributed by atoms with E-state index in [1.807, 2.05) is 0 Å². The summed E-state index contributed by atoms with van der Waals surface area (Å²) < 4.78 is 0. The fourth-order valence-electron chi connectivity index (χ4n) is 3.12. The molecule has 25 heavy (non-hydrogen) atoms.